The molecule has 168 valence electrons. The van der Waals surface area contributed by atoms with E-state index in [0.29, 0.717) is 32.0 Å². The number of hydrogen-bond donors (Lipinski definition) is 1. The van der Waals surface area contributed by atoms with Gasteiger partial charge < -0.3 is 14.6 Å². The summed E-state index contributed by atoms with van der Waals surface area (Å²) >= 11 is 0. The minimum absolute atomic E-state index is 0.118. The molecule has 0 aliphatic carbocycles. The highest BCUT2D eigenvalue weighted by Crippen LogP contribution is 2.23. The van der Waals surface area contributed by atoms with Crippen LogP contribution >= 0.6 is 0 Å². The normalized spacial score (nSPS) is 15.9. The number of hydrogen-bond acceptors (Lipinski definition) is 4. The Morgan fingerprint density at radius 3 is 2.28 bits per heavy atom. The van der Waals surface area contributed by atoms with Gasteiger partial charge in [-0.1, -0.05) is 54.6 Å². The summed E-state index contributed by atoms with van der Waals surface area (Å²) in [6, 6.07) is 19.3. The lowest BCUT2D eigenvalue weighted by Gasteiger charge is -2.25. The fourth-order valence-corrected chi connectivity index (χ4v) is 5.27. The largest absolute Gasteiger partial charge is 0.379 e. The van der Waals surface area contributed by atoms with E-state index in [1.54, 1.807) is 11.6 Å². The van der Waals surface area contributed by atoms with Gasteiger partial charge in [-0.2, -0.15) is 4.31 Å². The van der Waals surface area contributed by atoms with Crippen LogP contribution in [0.1, 0.15) is 29.0 Å². The summed E-state index contributed by atoms with van der Waals surface area (Å²) in [5.74, 6) is -0.324. The van der Waals surface area contributed by atoms with Gasteiger partial charge in [-0.3, -0.25) is 4.79 Å². The Morgan fingerprint density at radius 2 is 1.62 bits per heavy atom. The van der Waals surface area contributed by atoms with E-state index in [1.165, 1.54) is 16.6 Å². The maximum atomic E-state index is 12.9. The molecule has 8 heteroatoms. The molecule has 1 fully saturated rings. The van der Waals surface area contributed by atoms with E-state index >= 15 is 0 Å². The van der Waals surface area contributed by atoms with E-state index in [-0.39, 0.29) is 16.8 Å². The molecule has 1 aliphatic heterocycles. The van der Waals surface area contributed by atoms with E-state index in [9.17, 15) is 13.2 Å². The summed E-state index contributed by atoms with van der Waals surface area (Å²) in [6.45, 7) is 3.28. The second-order valence-corrected chi connectivity index (χ2v) is 9.81. The highest BCUT2D eigenvalue weighted by atomic mass is 32.2. The molecule has 2 heterocycles. The molecule has 0 radical (unpaired) electrons. The molecule has 0 saturated carbocycles. The van der Waals surface area contributed by atoms with Gasteiger partial charge >= 0.3 is 0 Å². The molecule has 32 heavy (non-hydrogen) atoms. The predicted octanol–water partition coefficient (Wildman–Crippen LogP) is 3.20. The smallest absolute Gasteiger partial charge is 0.268 e. The Morgan fingerprint density at radius 1 is 1.00 bits per heavy atom. The Balaban J connectivity index is 1.47. The molecular formula is C24H27N3O4S. The van der Waals surface area contributed by atoms with Crippen molar-refractivity contribution < 1.29 is 17.9 Å². The van der Waals surface area contributed by atoms with Crippen molar-refractivity contribution in [1.82, 2.24) is 14.2 Å². The number of nitrogens with one attached hydrogen (secondary N) is 1. The molecule has 3 aromatic rings. The number of aromatic nitrogens is 1. The number of carbonyl (C=O) groups is 1. The molecule has 1 saturated heterocycles. The van der Waals surface area contributed by atoms with Crippen LogP contribution < -0.4 is 5.32 Å². The van der Waals surface area contributed by atoms with Crippen molar-refractivity contribution in [3.05, 3.63) is 78.1 Å². The van der Waals surface area contributed by atoms with Gasteiger partial charge in [-0.25, -0.2) is 8.42 Å². The lowest BCUT2D eigenvalue weighted by molar-refractivity contribution is 0.0730. The van der Waals surface area contributed by atoms with Crippen molar-refractivity contribution in [2.75, 3.05) is 26.3 Å². The zero-order chi connectivity index (χ0) is 22.7. The molecule has 1 N–H and O–H groups in total. The summed E-state index contributed by atoms with van der Waals surface area (Å²) in [4.78, 5) is 13.0. The van der Waals surface area contributed by atoms with Gasteiger partial charge in [-0.05, 0) is 29.7 Å². The number of carbonyl (C=O) groups excluding carboxylic acids is 1. The minimum Gasteiger partial charge on any atom is -0.379 e. The molecule has 0 unspecified atom stereocenters. The number of nitrogens with zero attached hydrogens (tertiary/aromatic N) is 2. The monoisotopic (exact) mass is 453 g/mol. The first-order chi connectivity index (χ1) is 15.4. The van der Waals surface area contributed by atoms with E-state index in [1.807, 2.05) is 49.4 Å². The van der Waals surface area contributed by atoms with Crippen LogP contribution in [-0.2, 0) is 21.8 Å². The van der Waals surface area contributed by atoms with E-state index in [4.69, 9.17) is 4.74 Å². The Bertz CT molecular complexity index is 1180. The summed E-state index contributed by atoms with van der Waals surface area (Å²) in [7, 11) is -1.98. The topological polar surface area (TPSA) is 80.6 Å². The average molecular weight is 454 g/mol. The van der Waals surface area contributed by atoms with Crippen LogP contribution in [0.3, 0.4) is 0 Å². The van der Waals surface area contributed by atoms with Gasteiger partial charge in [-0.15, -0.1) is 0 Å². The molecule has 1 aromatic heterocycles. The number of benzene rings is 2. The Labute approximate surface area is 188 Å². The Kier molecular flexibility index (Phi) is 6.45. The van der Waals surface area contributed by atoms with Gasteiger partial charge in [0.1, 0.15) is 10.6 Å². The quantitative estimate of drug-likeness (QED) is 0.622. The fourth-order valence-electron chi connectivity index (χ4n) is 3.79. The van der Waals surface area contributed by atoms with Gasteiger partial charge in [0.15, 0.2) is 0 Å². The SMILES string of the molecule is C[C@H](NC(=O)c1cc(S(=O)(=O)N2CCOCC2)cn1C)c1ccc(-c2ccccc2)cc1. The standard InChI is InChI=1S/C24H27N3O4S/c1-18(19-8-10-21(11-9-19)20-6-4-3-5-7-20)25-24(28)23-16-22(17-26(23)2)32(29,30)27-12-14-31-15-13-27/h3-11,16-18H,12-15H2,1-2H3,(H,25,28)/t18-/m0/s1. The van der Waals surface area contributed by atoms with Crippen LogP contribution in [-0.4, -0.2) is 49.5 Å². The van der Waals surface area contributed by atoms with Crippen molar-refractivity contribution in [2.24, 2.45) is 7.05 Å². The molecule has 0 spiro atoms. The zero-order valence-electron chi connectivity index (χ0n) is 18.2. The predicted molar refractivity (Wildman–Crippen MR) is 123 cm³/mol. The van der Waals surface area contributed by atoms with Crippen LogP contribution in [0, 0.1) is 0 Å². The van der Waals surface area contributed by atoms with Crippen molar-refractivity contribution in [3.63, 3.8) is 0 Å². The summed E-state index contributed by atoms with van der Waals surface area (Å²) in [5.41, 5.74) is 3.50. The van der Waals surface area contributed by atoms with E-state index < -0.39 is 10.0 Å². The Hall–Kier alpha value is -2.94. The third kappa shape index (κ3) is 4.62. The van der Waals surface area contributed by atoms with Crippen LogP contribution in [0.15, 0.2) is 71.8 Å². The van der Waals surface area contributed by atoms with Gasteiger partial charge in [0.25, 0.3) is 5.91 Å². The van der Waals surface area contributed by atoms with Crippen LogP contribution in [0.25, 0.3) is 11.1 Å². The second-order valence-electron chi connectivity index (χ2n) is 7.87. The number of aryl methyl sites for hydroxylation is 1. The summed E-state index contributed by atoms with van der Waals surface area (Å²) in [5, 5.41) is 2.97. The number of morpholine rings is 1. The van der Waals surface area contributed by atoms with Gasteiger partial charge in [0.05, 0.1) is 19.3 Å². The zero-order valence-corrected chi connectivity index (χ0v) is 19.0. The second kappa shape index (κ2) is 9.28. The summed E-state index contributed by atoms with van der Waals surface area (Å²) < 4.78 is 34.0. The summed E-state index contributed by atoms with van der Waals surface area (Å²) in [6.07, 6.45) is 1.49. The molecule has 1 amide bonds. The molecular weight excluding hydrogens is 426 g/mol. The highest BCUT2D eigenvalue weighted by molar-refractivity contribution is 7.89. The van der Waals surface area contributed by atoms with Crippen molar-refractivity contribution in [3.8, 4) is 11.1 Å². The van der Waals surface area contributed by atoms with Crippen molar-refractivity contribution in [2.45, 2.75) is 17.9 Å². The van der Waals surface area contributed by atoms with E-state index in [2.05, 4.69) is 17.4 Å². The number of rotatable bonds is 6. The molecule has 4 rings (SSSR count). The first-order valence-corrected chi connectivity index (χ1v) is 12.0. The van der Waals surface area contributed by atoms with Crippen molar-refractivity contribution in [1.29, 1.82) is 0 Å². The maximum absolute atomic E-state index is 12.9. The van der Waals surface area contributed by atoms with Gasteiger partial charge in [0.2, 0.25) is 10.0 Å². The third-order valence-corrected chi connectivity index (χ3v) is 7.55. The average Bonchev–Trinajstić information content (AvgIpc) is 3.23. The number of ether oxygens (including phenoxy) is 1. The molecule has 2 aromatic carbocycles. The molecule has 0 bridgehead atoms. The van der Waals surface area contributed by atoms with Crippen LogP contribution in [0.2, 0.25) is 0 Å². The van der Waals surface area contributed by atoms with Crippen molar-refractivity contribution >= 4 is 15.9 Å². The molecule has 7 nitrogen and oxygen atoms in total. The minimum atomic E-state index is -3.66. The number of sulfonamides is 1. The maximum Gasteiger partial charge on any atom is 0.268 e. The van der Waals surface area contributed by atoms with Crippen LogP contribution in [0.5, 0.6) is 0 Å². The first-order valence-electron chi connectivity index (χ1n) is 10.6. The highest BCUT2D eigenvalue weighted by Gasteiger charge is 2.29. The lowest BCUT2D eigenvalue weighted by atomic mass is 10.0. The first kappa shape index (κ1) is 22.3. The lowest BCUT2D eigenvalue weighted by Crippen LogP contribution is -2.40. The number of amides is 1. The third-order valence-electron chi connectivity index (χ3n) is 5.69. The van der Waals surface area contributed by atoms with Gasteiger partial charge in [0, 0.05) is 26.3 Å². The van der Waals surface area contributed by atoms with Crippen LogP contribution in [0.4, 0.5) is 0 Å². The van der Waals surface area contributed by atoms with E-state index in [0.717, 1.165) is 16.7 Å². The molecule has 1 atom stereocenters. The molecule has 1 aliphatic rings. The fraction of sp³-hybridized carbons (Fsp3) is 0.292.